The van der Waals surface area contributed by atoms with E-state index < -0.39 is 6.04 Å². The third-order valence-corrected chi connectivity index (χ3v) is 6.78. The van der Waals surface area contributed by atoms with E-state index in [-0.39, 0.29) is 36.8 Å². The van der Waals surface area contributed by atoms with Gasteiger partial charge in [0.25, 0.3) is 5.91 Å². The number of hydrogen-bond donors (Lipinski definition) is 4. The van der Waals surface area contributed by atoms with Crippen molar-refractivity contribution < 1.29 is 19.5 Å². The number of nitrogens with zero attached hydrogens (tertiary/aromatic N) is 1. The quantitative estimate of drug-likeness (QED) is 0.496. The summed E-state index contributed by atoms with van der Waals surface area (Å²) in [5, 5.41) is 15.1. The van der Waals surface area contributed by atoms with E-state index in [2.05, 4.69) is 10.6 Å². The van der Waals surface area contributed by atoms with E-state index in [1.165, 1.54) is 0 Å². The number of carbonyl (C=O) groups excluding carboxylic acids is 3. The topological polar surface area (TPSA) is 125 Å². The fraction of sp³-hybridized carbons (Fsp3) is 0.591. The van der Waals surface area contributed by atoms with E-state index >= 15 is 0 Å². The smallest absolute Gasteiger partial charge is 0.255 e. The van der Waals surface area contributed by atoms with Gasteiger partial charge in [0.2, 0.25) is 11.8 Å². The molecule has 2 heterocycles. The first-order valence-electron chi connectivity index (χ1n) is 10.8. The van der Waals surface area contributed by atoms with Crippen LogP contribution in [0, 0.1) is 11.8 Å². The molecule has 0 aromatic heterocycles. The molecular weight excluding hydrogens is 384 g/mol. The summed E-state index contributed by atoms with van der Waals surface area (Å²) < 4.78 is 0. The molecule has 1 unspecified atom stereocenters. The molecule has 30 heavy (non-hydrogen) atoms. The predicted octanol–water partition coefficient (Wildman–Crippen LogP) is 0.273. The second-order valence-corrected chi connectivity index (χ2v) is 8.77. The van der Waals surface area contributed by atoms with Crippen LogP contribution < -0.4 is 16.4 Å². The third kappa shape index (κ3) is 4.12. The molecule has 1 aromatic rings. The fourth-order valence-electron chi connectivity index (χ4n) is 5.01. The first kappa shape index (κ1) is 21.0. The number of benzene rings is 1. The number of amides is 3. The fourth-order valence-corrected chi connectivity index (χ4v) is 5.01. The number of nitrogens with one attached hydrogen (secondary N) is 2. The summed E-state index contributed by atoms with van der Waals surface area (Å²) in [6.07, 6.45) is 3.46. The van der Waals surface area contributed by atoms with E-state index in [1.54, 1.807) is 4.90 Å². The first-order chi connectivity index (χ1) is 14.5. The minimum absolute atomic E-state index is 0.0783. The highest BCUT2D eigenvalue weighted by Crippen LogP contribution is 2.30. The van der Waals surface area contributed by atoms with Crippen molar-refractivity contribution in [2.75, 3.05) is 13.2 Å². The molecule has 1 aliphatic carbocycles. The van der Waals surface area contributed by atoms with Gasteiger partial charge in [-0.25, -0.2) is 0 Å². The Bertz CT molecular complexity index is 842. The number of hydrogen-bond acceptors (Lipinski definition) is 6. The van der Waals surface area contributed by atoms with Crippen molar-refractivity contribution in [3.05, 3.63) is 34.9 Å². The largest absolute Gasteiger partial charge is 0.396 e. The number of rotatable bonds is 6. The lowest BCUT2D eigenvalue weighted by molar-refractivity contribution is -0.136. The summed E-state index contributed by atoms with van der Waals surface area (Å²) in [7, 11) is 0. The summed E-state index contributed by atoms with van der Waals surface area (Å²) >= 11 is 0. The van der Waals surface area contributed by atoms with Gasteiger partial charge in [-0.1, -0.05) is 18.2 Å². The van der Waals surface area contributed by atoms with E-state index in [1.807, 2.05) is 18.2 Å². The van der Waals surface area contributed by atoms with Gasteiger partial charge < -0.3 is 21.1 Å². The molecule has 0 radical (unpaired) electrons. The van der Waals surface area contributed by atoms with Crippen molar-refractivity contribution in [3.8, 4) is 0 Å². The number of nitrogens with two attached hydrogens (primary N) is 1. The number of imide groups is 1. The maximum absolute atomic E-state index is 13.1. The maximum atomic E-state index is 13.1. The third-order valence-electron chi connectivity index (χ3n) is 6.78. The Kier molecular flexibility index (Phi) is 6.17. The lowest BCUT2D eigenvalue weighted by Gasteiger charge is -2.33. The van der Waals surface area contributed by atoms with Gasteiger partial charge in [-0.15, -0.1) is 0 Å². The van der Waals surface area contributed by atoms with Crippen LogP contribution in [0.25, 0.3) is 0 Å². The molecular formula is C22H30N4O4. The van der Waals surface area contributed by atoms with Crippen LogP contribution in [0.1, 0.15) is 53.6 Å². The summed E-state index contributed by atoms with van der Waals surface area (Å²) in [5.41, 5.74) is 8.80. The lowest BCUT2D eigenvalue weighted by Crippen LogP contribution is -2.52. The highest BCUT2D eigenvalue weighted by atomic mass is 16.3. The second-order valence-electron chi connectivity index (χ2n) is 8.77. The Balaban J connectivity index is 1.39. The molecule has 1 aromatic carbocycles. The van der Waals surface area contributed by atoms with Crippen LogP contribution in [0.5, 0.6) is 0 Å². The van der Waals surface area contributed by atoms with Gasteiger partial charge in [-0.2, -0.15) is 0 Å². The highest BCUT2D eigenvalue weighted by molar-refractivity contribution is 6.05. The van der Waals surface area contributed by atoms with Crippen molar-refractivity contribution in [2.24, 2.45) is 17.6 Å². The van der Waals surface area contributed by atoms with Gasteiger partial charge in [0.05, 0.1) is 0 Å². The highest BCUT2D eigenvalue weighted by Gasteiger charge is 2.40. The number of fused-ring (bicyclic) bond motifs is 1. The van der Waals surface area contributed by atoms with Crippen molar-refractivity contribution in [2.45, 2.75) is 57.3 Å². The van der Waals surface area contributed by atoms with Crippen LogP contribution in [0.2, 0.25) is 0 Å². The minimum atomic E-state index is -0.594. The Labute approximate surface area is 176 Å². The van der Waals surface area contributed by atoms with Crippen LogP contribution >= 0.6 is 0 Å². The van der Waals surface area contributed by atoms with E-state index in [9.17, 15) is 19.5 Å². The normalized spacial score (nSPS) is 29.1. The summed E-state index contributed by atoms with van der Waals surface area (Å²) in [5.74, 6) is -0.141. The van der Waals surface area contributed by atoms with Crippen molar-refractivity contribution in [3.63, 3.8) is 0 Å². The predicted molar refractivity (Wildman–Crippen MR) is 110 cm³/mol. The zero-order valence-corrected chi connectivity index (χ0v) is 17.1. The van der Waals surface area contributed by atoms with Crippen LogP contribution in [0.4, 0.5) is 0 Å². The molecule has 4 rings (SSSR count). The number of aliphatic hydroxyl groups is 1. The van der Waals surface area contributed by atoms with Gasteiger partial charge in [0, 0.05) is 37.7 Å². The van der Waals surface area contributed by atoms with Crippen LogP contribution in [-0.2, 0) is 22.7 Å². The van der Waals surface area contributed by atoms with Crippen LogP contribution in [0.15, 0.2) is 18.2 Å². The van der Waals surface area contributed by atoms with E-state index in [4.69, 9.17) is 5.73 Å². The molecule has 0 bridgehead atoms. The average molecular weight is 415 g/mol. The Hall–Kier alpha value is -2.29. The molecule has 4 atom stereocenters. The Morgan fingerprint density at radius 1 is 1.20 bits per heavy atom. The summed E-state index contributed by atoms with van der Waals surface area (Å²) in [6.45, 7) is 1.93. The number of piperidine rings is 1. The molecule has 3 amide bonds. The van der Waals surface area contributed by atoms with Gasteiger partial charge in [0.1, 0.15) is 6.04 Å². The van der Waals surface area contributed by atoms with Gasteiger partial charge in [-0.05, 0) is 55.2 Å². The molecule has 8 heteroatoms. The molecule has 1 saturated heterocycles. The van der Waals surface area contributed by atoms with Crippen molar-refractivity contribution >= 4 is 17.7 Å². The zero-order valence-electron chi connectivity index (χ0n) is 17.1. The standard InChI is InChI=1S/C22H30N4O4/c23-17-8-13(12-27)4-5-14(17)9-24-10-15-2-1-3-16-11-26(22(30)20(15)16)18-6-7-19(28)25-21(18)29/h1-3,13-14,17-18,24,27H,4-12,23H2,(H,25,28,29)/t13-,14-,17-,18?/m1/s1. The zero-order chi connectivity index (χ0) is 21.3. The molecule has 5 N–H and O–H groups in total. The van der Waals surface area contributed by atoms with E-state index in [0.717, 1.165) is 36.9 Å². The molecule has 8 nitrogen and oxygen atoms in total. The monoisotopic (exact) mass is 414 g/mol. The van der Waals surface area contributed by atoms with E-state index in [0.29, 0.717) is 36.9 Å². The van der Waals surface area contributed by atoms with Crippen molar-refractivity contribution in [1.82, 2.24) is 15.5 Å². The molecule has 1 saturated carbocycles. The second kappa shape index (κ2) is 8.83. The van der Waals surface area contributed by atoms with Crippen molar-refractivity contribution in [1.29, 1.82) is 0 Å². The van der Waals surface area contributed by atoms with Gasteiger partial charge in [0.15, 0.2) is 0 Å². The summed E-state index contributed by atoms with van der Waals surface area (Å²) in [6, 6.07) is 5.29. The Morgan fingerprint density at radius 2 is 2.03 bits per heavy atom. The molecule has 0 spiro atoms. The molecule has 162 valence electrons. The molecule has 2 fully saturated rings. The maximum Gasteiger partial charge on any atom is 0.255 e. The number of aliphatic hydroxyl groups excluding tert-OH is 1. The first-order valence-corrected chi connectivity index (χ1v) is 10.8. The molecule has 3 aliphatic rings. The lowest BCUT2D eigenvalue weighted by atomic mass is 9.79. The molecule has 2 aliphatic heterocycles. The average Bonchev–Trinajstić information content (AvgIpc) is 3.06. The van der Waals surface area contributed by atoms with Gasteiger partial charge in [-0.3, -0.25) is 19.7 Å². The number of carbonyl (C=O) groups is 3. The van der Waals surface area contributed by atoms with Crippen LogP contribution in [0.3, 0.4) is 0 Å². The van der Waals surface area contributed by atoms with Gasteiger partial charge >= 0.3 is 0 Å². The minimum Gasteiger partial charge on any atom is -0.396 e. The summed E-state index contributed by atoms with van der Waals surface area (Å²) in [4.78, 5) is 38.4. The van der Waals surface area contributed by atoms with Crippen LogP contribution in [-0.4, -0.2) is 53.0 Å². The SMILES string of the molecule is N[C@@H]1C[C@H](CO)CC[C@@H]1CNCc1cccc2c1C(=O)N(C1CCC(=O)NC1=O)C2. The Morgan fingerprint density at radius 3 is 2.77 bits per heavy atom.